The number of ether oxygens (including phenoxy) is 1. The fourth-order valence-corrected chi connectivity index (χ4v) is 5.86. The van der Waals surface area contributed by atoms with E-state index in [0.717, 1.165) is 10.1 Å². The van der Waals surface area contributed by atoms with Gasteiger partial charge < -0.3 is 9.64 Å². The fraction of sp³-hybridized carbons (Fsp3) is 0.391. The second kappa shape index (κ2) is 10.1. The van der Waals surface area contributed by atoms with Gasteiger partial charge in [0.15, 0.2) is 0 Å². The lowest BCUT2D eigenvalue weighted by Gasteiger charge is -2.37. The average molecular weight is 492 g/mol. The van der Waals surface area contributed by atoms with Crippen LogP contribution in [-0.2, 0) is 19.6 Å². The predicted molar refractivity (Wildman–Crippen MR) is 123 cm³/mol. The normalized spacial score (nSPS) is 19.7. The van der Waals surface area contributed by atoms with Crippen LogP contribution in [0.4, 0.5) is 0 Å². The SMILES string of the molecule is O=C(C1CCC(=O)N1S(=O)(=O)c1ccccc1)N1CCN(CCOc2ccc(Cl)cc2)CC1. The Morgan fingerprint density at radius 3 is 2.33 bits per heavy atom. The first-order valence-electron chi connectivity index (χ1n) is 10.9. The zero-order chi connectivity index (χ0) is 23.4. The summed E-state index contributed by atoms with van der Waals surface area (Å²) in [6, 6.07) is 14.0. The van der Waals surface area contributed by atoms with Gasteiger partial charge >= 0.3 is 0 Å². The molecule has 8 nitrogen and oxygen atoms in total. The van der Waals surface area contributed by atoms with E-state index in [-0.39, 0.29) is 23.6 Å². The molecule has 2 amide bonds. The van der Waals surface area contributed by atoms with E-state index in [4.69, 9.17) is 16.3 Å². The minimum atomic E-state index is -4.07. The third-order valence-corrected chi connectivity index (χ3v) is 8.02. The lowest BCUT2D eigenvalue weighted by atomic mass is 10.2. The van der Waals surface area contributed by atoms with Crippen molar-refractivity contribution < 1.29 is 22.7 Å². The molecule has 0 bridgehead atoms. The van der Waals surface area contributed by atoms with Crippen LogP contribution < -0.4 is 4.74 Å². The second-order valence-electron chi connectivity index (χ2n) is 8.03. The molecule has 2 aliphatic heterocycles. The molecule has 0 aromatic heterocycles. The van der Waals surface area contributed by atoms with Crippen molar-refractivity contribution in [2.24, 2.45) is 0 Å². The van der Waals surface area contributed by atoms with Gasteiger partial charge in [-0.05, 0) is 42.8 Å². The van der Waals surface area contributed by atoms with Crippen molar-refractivity contribution in [2.75, 3.05) is 39.3 Å². The maximum absolute atomic E-state index is 13.2. The van der Waals surface area contributed by atoms with Crippen LogP contribution >= 0.6 is 11.6 Å². The first kappa shape index (κ1) is 23.5. The molecule has 4 rings (SSSR count). The minimum Gasteiger partial charge on any atom is -0.492 e. The number of carbonyl (C=O) groups is 2. The monoisotopic (exact) mass is 491 g/mol. The van der Waals surface area contributed by atoms with Crippen molar-refractivity contribution >= 4 is 33.4 Å². The maximum atomic E-state index is 13.2. The van der Waals surface area contributed by atoms with Crippen molar-refractivity contribution in [1.82, 2.24) is 14.1 Å². The topological polar surface area (TPSA) is 87.2 Å². The zero-order valence-corrected chi connectivity index (χ0v) is 19.7. The van der Waals surface area contributed by atoms with Gasteiger partial charge in [0.25, 0.3) is 10.0 Å². The minimum absolute atomic E-state index is 0.0172. The van der Waals surface area contributed by atoms with Gasteiger partial charge in [0.05, 0.1) is 4.90 Å². The van der Waals surface area contributed by atoms with E-state index in [1.807, 2.05) is 12.1 Å². The first-order chi connectivity index (χ1) is 15.9. The number of piperazine rings is 1. The third-order valence-electron chi connectivity index (χ3n) is 5.92. The lowest BCUT2D eigenvalue weighted by Crippen LogP contribution is -2.55. The Morgan fingerprint density at radius 2 is 1.67 bits per heavy atom. The number of nitrogens with zero attached hydrogens (tertiary/aromatic N) is 3. The molecule has 0 saturated carbocycles. The molecule has 0 N–H and O–H groups in total. The molecule has 0 spiro atoms. The molecule has 10 heteroatoms. The molecule has 1 atom stereocenters. The van der Waals surface area contributed by atoms with Crippen LogP contribution in [0.15, 0.2) is 59.5 Å². The van der Waals surface area contributed by atoms with Crippen LogP contribution in [0.3, 0.4) is 0 Å². The van der Waals surface area contributed by atoms with Gasteiger partial charge in [-0.25, -0.2) is 12.7 Å². The molecule has 33 heavy (non-hydrogen) atoms. The molecule has 1 unspecified atom stereocenters. The van der Waals surface area contributed by atoms with Crippen LogP contribution in [0, 0.1) is 0 Å². The van der Waals surface area contributed by atoms with Crippen molar-refractivity contribution in [2.45, 2.75) is 23.8 Å². The Hall–Kier alpha value is -2.62. The number of rotatable bonds is 7. The van der Waals surface area contributed by atoms with Gasteiger partial charge in [-0.1, -0.05) is 29.8 Å². The molecule has 2 heterocycles. The van der Waals surface area contributed by atoms with Crippen LogP contribution in [-0.4, -0.2) is 79.7 Å². The fourth-order valence-electron chi connectivity index (χ4n) is 4.12. The first-order valence-corrected chi connectivity index (χ1v) is 12.7. The van der Waals surface area contributed by atoms with Crippen LogP contribution in [0.1, 0.15) is 12.8 Å². The van der Waals surface area contributed by atoms with E-state index in [2.05, 4.69) is 4.90 Å². The quantitative estimate of drug-likeness (QED) is 0.590. The summed E-state index contributed by atoms with van der Waals surface area (Å²) >= 11 is 5.88. The van der Waals surface area contributed by atoms with Crippen molar-refractivity contribution in [3.05, 3.63) is 59.6 Å². The van der Waals surface area contributed by atoms with E-state index in [1.54, 1.807) is 35.2 Å². The summed E-state index contributed by atoms with van der Waals surface area (Å²) in [7, 11) is -4.07. The van der Waals surface area contributed by atoms with Gasteiger partial charge in [-0.2, -0.15) is 0 Å². The highest BCUT2D eigenvalue weighted by molar-refractivity contribution is 7.89. The number of amides is 2. The molecule has 0 aliphatic carbocycles. The molecule has 0 radical (unpaired) electrons. The van der Waals surface area contributed by atoms with Crippen LogP contribution in [0.2, 0.25) is 5.02 Å². The number of hydrogen-bond acceptors (Lipinski definition) is 6. The van der Waals surface area contributed by atoms with Crippen LogP contribution in [0.5, 0.6) is 5.75 Å². The van der Waals surface area contributed by atoms with Crippen molar-refractivity contribution in [3.8, 4) is 5.75 Å². The summed E-state index contributed by atoms with van der Waals surface area (Å²) in [4.78, 5) is 29.5. The zero-order valence-electron chi connectivity index (χ0n) is 18.1. The number of benzene rings is 2. The standard InChI is InChI=1S/C23H26ClN3O5S/c24-18-6-8-19(9-7-18)32-17-16-25-12-14-26(15-13-25)23(29)21-10-11-22(28)27(21)33(30,31)20-4-2-1-3-5-20/h1-9,21H,10-17H2. The smallest absolute Gasteiger partial charge is 0.267 e. The van der Waals surface area contributed by atoms with Gasteiger partial charge in [-0.15, -0.1) is 0 Å². The highest BCUT2D eigenvalue weighted by Gasteiger charge is 2.45. The average Bonchev–Trinajstić information content (AvgIpc) is 3.23. The molecular formula is C23H26ClN3O5S. The summed E-state index contributed by atoms with van der Waals surface area (Å²) in [6.45, 7) is 3.48. The second-order valence-corrected chi connectivity index (χ2v) is 10.3. The summed E-state index contributed by atoms with van der Waals surface area (Å²) in [6.07, 6.45) is 0.253. The van der Waals surface area contributed by atoms with E-state index in [1.165, 1.54) is 12.1 Å². The molecule has 2 aromatic carbocycles. The van der Waals surface area contributed by atoms with Crippen molar-refractivity contribution in [3.63, 3.8) is 0 Å². The molecule has 2 saturated heterocycles. The maximum Gasteiger partial charge on any atom is 0.267 e. The van der Waals surface area contributed by atoms with E-state index in [0.29, 0.717) is 44.4 Å². The van der Waals surface area contributed by atoms with Gasteiger partial charge in [-0.3, -0.25) is 14.5 Å². The molecule has 2 fully saturated rings. The van der Waals surface area contributed by atoms with Crippen LogP contribution in [0.25, 0.3) is 0 Å². The Bertz CT molecular complexity index is 1090. The van der Waals surface area contributed by atoms with Gasteiger partial charge in [0.2, 0.25) is 11.8 Å². The number of hydrogen-bond donors (Lipinski definition) is 0. The molecular weight excluding hydrogens is 466 g/mol. The summed E-state index contributed by atoms with van der Waals surface area (Å²) in [5.41, 5.74) is 0. The number of sulfonamides is 1. The lowest BCUT2D eigenvalue weighted by molar-refractivity contribution is -0.139. The van der Waals surface area contributed by atoms with E-state index >= 15 is 0 Å². The summed E-state index contributed by atoms with van der Waals surface area (Å²) in [5.74, 6) is -0.0913. The van der Waals surface area contributed by atoms with Crippen molar-refractivity contribution in [1.29, 1.82) is 0 Å². The van der Waals surface area contributed by atoms with E-state index in [9.17, 15) is 18.0 Å². The summed E-state index contributed by atoms with van der Waals surface area (Å²) in [5, 5.41) is 0.655. The van der Waals surface area contributed by atoms with E-state index < -0.39 is 22.0 Å². The largest absolute Gasteiger partial charge is 0.492 e. The van der Waals surface area contributed by atoms with Gasteiger partial charge in [0, 0.05) is 44.2 Å². The Kier molecular flexibility index (Phi) is 7.21. The Morgan fingerprint density at radius 1 is 1.00 bits per heavy atom. The predicted octanol–water partition coefficient (Wildman–Crippen LogP) is 2.24. The highest BCUT2D eigenvalue weighted by Crippen LogP contribution is 2.28. The Balaban J connectivity index is 1.32. The molecule has 2 aromatic rings. The number of halogens is 1. The highest BCUT2D eigenvalue weighted by atomic mass is 35.5. The third kappa shape index (κ3) is 5.31. The summed E-state index contributed by atoms with van der Waals surface area (Å²) < 4.78 is 32.6. The molecule has 2 aliphatic rings. The molecule has 176 valence electrons. The number of carbonyl (C=O) groups excluding carboxylic acids is 2. The van der Waals surface area contributed by atoms with Gasteiger partial charge in [0.1, 0.15) is 18.4 Å². The Labute approximate surface area is 198 Å².